The van der Waals surface area contributed by atoms with E-state index in [0.717, 1.165) is 0 Å². The maximum absolute atomic E-state index is 11.7. The van der Waals surface area contributed by atoms with E-state index in [-0.39, 0.29) is 18.7 Å². The predicted molar refractivity (Wildman–Crippen MR) is 79.8 cm³/mol. The summed E-state index contributed by atoms with van der Waals surface area (Å²) in [4.78, 5) is 11.7. The normalized spacial score (nSPS) is 12.1. The summed E-state index contributed by atoms with van der Waals surface area (Å²) in [6.45, 7) is -0.278. The van der Waals surface area contributed by atoms with Crippen LogP contribution in [0.5, 0.6) is 0 Å². The molecule has 0 spiro atoms. The van der Waals surface area contributed by atoms with Crippen molar-refractivity contribution in [2.24, 2.45) is 0 Å². The van der Waals surface area contributed by atoms with E-state index < -0.39 is 12.1 Å². The first-order chi connectivity index (χ1) is 8.92. The van der Waals surface area contributed by atoms with Crippen molar-refractivity contribution in [2.45, 2.75) is 6.10 Å². The van der Waals surface area contributed by atoms with Crippen LogP contribution in [-0.4, -0.2) is 42.5 Å². The highest BCUT2D eigenvalue weighted by Gasteiger charge is 2.20. The summed E-state index contributed by atoms with van der Waals surface area (Å²) in [6, 6.07) is 1.55. The minimum atomic E-state index is -0.923. The smallest absolute Gasteiger partial charge is 0.340 e. The molecule has 5 nitrogen and oxygen atoms in total. The molecule has 0 radical (unpaired) electrons. The first-order valence-electron chi connectivity index (χ1n) is 5.21. The number of aliphatic hydroxyl groups excluding tert-OH is 2. The van der Waals surface area contributed by atoms with Crippen molar-refractivity contribution < 1.29 is 19.7 Å². The monoisotopic (exact) mass is 415 g/mol. The van der Waals surface area contributed by atoms with Crippen molar-refractivity contribution in [3.8, 4) is 0 Å². The number of hydrogen-bond acceptors (Lipinski definition) is 5. The number of rotatable bonds is 5. The SMILES string of the molecule is COC(=O)c1c(Br)cc(Cl)c(NCC(O)CO)c1Br. The highest BCUT2D eigenvalue weighted by atomic mass is 79.9. The van der Waals surface area contributed by atoms with Gasteiger partial charge in [-0.25, -0.2) is 4.79 Å². The summed E-state index contributed by atoms with van der Waals surface area (Å²) in [5.74, 6) is -0.527. The predicted octanol–water partition coefficient (Wildman–Crippen LogP) is 2.42. The first-order valence-corrected chi connectivity index (χ1v) is 7.17. The van der Waals surface area contributed by atoms with Crippen LogP contribution in [0.4, 0.5) is 5.69 Å². The van der Waals surface area contributed by atoms with Gasteiger partial charge in [-0.3, -0.25) is 0 Å². The summed E-state index contributed by atoms with van der Waals surface area (Å²) < 4.78 is 5.59. The first kappa shape index (κ1) is 16.7. The fourth-order valence-electron chi connectivity index (χ4n) is 1.33. The number of ether oxygens (including phenoxy) is 1. The lowest BCUT2D eigenvalue weighted by molar-refractivity contribution is 0.0598. The van der Waals surface area contributed by atoms with Crippen molar-refractivity contribution >= 4 is 55.1 Å². The number of nitrogens with one attached hydrogen (secondary N) is 1. The van der Waals surface area contributed by atoms with E-state index >= 15 is 0 Å². The van der Waals surface area contributed by atoms with Crippen molar-refractivity contribution in [3.05, 3.63) is 25.6 Å². The quantitative estimate of drug-likeness (QED) is 0.642. The number of aliphatic hydroxyl groups is 2. The van der Waals surface area contributed by atoms with Gasteiger partial charge in [-0.2, -0.15) is 0 Å². The average Bonchev–Trinajstić information content (AvgIpc) is 2.37. The molecule has 0 aliphatic rings. The van der Waals surface area contributed by atoms with Gasteiger partial charge in [-0.15, -0.1) is 0 Å². The van der Waals surface area contributed by atoms with Gasteiger partial charge in [0, 0.05) is 11.0 Å². The van der Waals surface area contributed by atoms with Gasteiger partial charge in [0.15, 0.2) is 0 Å². The highest BCUT2D eigenvalue weighted by Crippen LogP contribution is 2.38. The Morgan fingerprint density at radius 2 is 2.21 bits per heavy atom. The van der Waals surface area contributed by atoms with Crippen molar-refractivity contribution in [2.75, 3.05) is 25.6 Å². The minimum Gasteiger partial charge on any atom is -0.465 e. The van der Waals surface area contributed by atoms with Crippen LogP contribution in [0.3, 0.4) is 0 Å². The summed E-state index contributed by atoms with van der Waals surface area (Å²) in [7, 11) is 1.28. The van der Waals surface area contributed by atoms with Crippen molar-refractivity contribution in [3.63, 3.8) is 0 Å². The molecule has 1 atom stereocenters. The van der Waals surface area contributed by atoms with E-state index in [9.17, 15) is 9.90 Å². The Kier molecular flexibility index (Phi) is 6.55. The molecule has 0 aliphatic heterocycles. The van der Waals surface area contributed by atoms with Gasteiger partial charge in [0.2, 0.25) is 0 Å². The highest BCUT2D eigenvalue weighted by molar-refractivity contribution is 9.11. The van der Waals surface area contributed by atoms with E-state index in [2.05, 4.69) is 41.9 Å². The molecular formula is C11H12Br2ClNO4. The third kappa shape index (κ3) is 4.06. The standard InChI is InChI=1S/C11H12Br2ClNO4/c1-19-11(18)8-6(12)2-7(14)10(9(8)13)15-3-5(17)4-16/h2,5,15-17H,3-4H2,1H3. The molecule has 0 heterocycles. The summed E-state index contributed by atoms with van der Waals surface area (Å²) in [5.41, 5.74) is 0.727. The Bertz CT molecular complexity index is 484. The Hall–Kier alpha value is -0.340. The van der Waals surface area contributed by atoms with Crippen molar-refractivity contribution in [1.29, 1.82) is 0 Å². The number of hydrogen-bond donors (Lipinski definition) is 3. The Balaban J connectivity index is 3.14. The van der Waals surface area contributed by atoms with Crippen LogP contribution in [0.2, 0.25) is 5.02 Å². The second kappa shape index (κ2) is 7.44. The molecule has 8 heteroatoms. The number of carbonyl (C=O) groups excluding carboxylic acids is 1. The van der Waals surface area contributed by atoms with Crippen LogP contribution in [0.15, 0.2) is 15.0 Å². The van der Waals surface area contributed by atoms with Crippen LogP contribution in [0.25, 0.3) is 0 Å². The van der Waals surface area contributed by atoms with Crippen LogP contribution < -0.4 is 5.32 Å². The molecule has 1 aromatic carbocycles. The second-order valence-electron chi connectivity index (χ2n) is 3.61. The van der Waals surface area contributed by atoms with Crippen LogP contribution in [0.1, 0.15) is 10.4 Å². The molecule has 3 N–H and O–H groups in total. The third-order valence-electron chi connectivity index (χ3n) is 2.28. The van der Waals surface area contributed by atoms with E-state index in [0.29, 0.717) is 19.7 Å². The fraction of sp³-hybridized carbons (Fsp3) is 0.364. The number of esters is 1. The molecule has 0 aromatic heterocycles. The number of anilines is 1. The zero-order valence-corrected chi connectivity index (χ0v) is 13.8. The lowest BCUT2D eigenvalue weighted by Gasteiger charge is -2.16. The number of halogens is 3. The molecule has 1 rings (SSSR count). The van der Waals surface area contributed by atoms with Crippen molar-refractivity contribution in [1.82, 2.24) is 0 Å². The molecular weight excluding hydrogens is 405 g/mol. The lowest BCUT2D eigenvalue weighted by atomic mass is 10.2. The lowest BCUT2D eigenvalue weighted by Crippen LogP contribution is -2.23. The van der Waals surface area contributed by atoms with Gasteiger partial charge in [-0.1, -0.05) is 11.6 Å². The number of carbonyl (C=O) groups is 1. The van der Waals surface area contributed by atoms with Gasteiger partial charge >= 0.3 is 5.97 Å². The molecule has 0 amide bonds. The average molecular weight is 417 g/mol. The van der Waals surface area contributed by atoms with E-state index in [1.807, 2.05) is 0 Å². The Morgan fingerprint density at radius 1 is 1.58 bits per heavy atom. The second-order valence-corrected chi connectivity index (χ2v) is 5.67. The molecule has 0 fully saturated rings. The van der Waals surface area contributed by atoms with Crippen LogP contribution >= 0.6 is 43.5 Å². The number of benzene rings is 1. The van der Waals surface area contributed by atoms with Crippen LogP contribution in [0, 0.1) is 0 Å². The van der Waals surface area contributed by atoms with E-state index in [1.54, 1.807) is 6.07 Å². The molecule has 0 saturated heterocycles. The molecule has 1 aromatic rings. The summed E-state index contributed by atoms with van der Waals surface area (Å²) >= 11 is 12.6. The van der Waals surface area contributed by atoms with Crippen LogP contribution in [-0.2, 0) is 4.74 Å². The zero-order valence-electron chi connectivity index (χ0n) is 9.91. The molecule has 19 heavy (non-hydrogen) atoms. The molecule has 1 unspecified atom stereocenters. The third-order valence-corrected chi connectivity index (χ3v) is 4.00. The fourth-order valence-corrected chi connectivity index (χ4v) is 3.43. The van der Waals surface area contributed by atoms with E-state index in [1.165, 1.54) is 7.11 Å². The van der Waals surface area contributed by atoms with Gasteiger partial charge in [0.25, 0.3) is 0 Å². The van der Waals surface area contributed by atoms with Gasteiger partial charge in [0.05, 0.1) is 40.6 Å². The largest absolute Gasteiger partial charge is 0.465 e. The van der Waals surface area contributed by atoms with Gasteiger partial charge < -0.3 is 20.3 Å². The molecule has 0 bridgehead atoms. The van der Waals surface area contributed by atoms with Gasteiger partial charge in [0.1, 0.15) is 0 Å². The van der Waals surface area contributed by atoms with E-state index in [4.69, 9.17) is 16.7 Å². The number of methoxy groups -OCH3 is 1. The molecule has 106 valence electrons. The summed E-state index contributed by atoms with van der Waals surface area (Å²) in [6.07, 6.45) is -0.923. The maximum Gasteiger partial charge on any atom is 0.340 e. The minimum absolute atomic E-state index is 0.0943. The zero-order chi connectivity index (χ0) is 14.6. The maximum atomic E-state index is 11.7. The van der Waals surface area contributed by atoms with Gasteiger partial charge in [-0.05, 0) is 37.9 Å². The molecule has 0 saturated carbocycles. The summed E-state index contributed by atoms with van der Waals surface area (Å²) in [5, 5.41) is 21.3. The topological polar surface area (TPSA) is 78.8 Å². The Labute approximate surface area is 132 Å². The molecule has 0 aliphatic carbocycles. The Morgan fingerprint density at radius 3 is 2.74 bits per heavy atom.